The van der Waals surface area contributed by atoms with Crippen molar-refractivity contribution in [2.24, 2.45) is 0 Å². The number of fused-ring (bicyclic) bond motifs is 1. The summed E-state index contributed by atoms with van der Waals surface area (Å²) in [5, 5.41) is 3.42. The largest absolute Gasteiger partial charge is 0.497 e. The molecule has 2 aromatic carbocycles. The Bertz CT molecular complexity index is 1930. The maximum Gasteiger partial charge on any atom is 0.219 e. The average Bonchev–Trinajstić information content (AvgIpc) is 3.41. The van der Waals surface area contributed by atoms with Crippen LogP contribution in [0.4, 0.5) is 10.2 Å². The Labute approximate surface area is 255 Å². The van der Waals surface area contributed by atoms with E-state index in [9.17, 15) is 0 Å². The predicted octanol–water partition coefficient (Wildman–Crippen LogP) is 7.51. The highest BCUT2D eigenvalue weighted by molar-refractivity contribution is 9.10. The van der Waals surface area contributed by atoms with Crippen molar-refractivity contribution in [3.05, 3.63) is 107 Å². The van der Waals surface area contributed by atoms with Crippen molar-refractivity contribution in [1.82, 2.24) is 24.5 Å². The third kappa shape index (κ3) is 5.84. The van der Waals surface area contributed by atoms with Gasteiger partial charge in [0.15, 0.2) is 17.4 Å². The molecular formula is C32H26BrFN6O3. The van der Waals surface area contributed by atoms with Gasteiger partial charge in [-0.1, -0.05) is 18.2 Å². The van der Waals surface area contributed by atoms with E-state index >= 15 is 4.39 Å². The molecule has 6 aromatic rings. The molecule has 0 atom stereocenters. The minimum absolute atomic E-state index is 0.0494. The van der Waals surface area contributed by atoms with Crippen molar-refractivity contribution in [2.75, 3.05) is 19.5 Å². The Morgan fingerprint density at radius 1 is 0.907 bits per heavy atom. The number of pyridine rings is 2. The second kappa shape index (κ2) is 12.1. The molecule has 216 valence electrons. The fourth-order valence-electron chi connectivity index (χ4n) is 4.70. The second-order valence-corrected chi connectivity index (χ2v) is 10.5. The van der Waals surface area contributed by atoms with Crippen molar-refractivity contribution in [3.8, 4) is 40.2 Å². The number of nitrogens with one attached hydrogen (secondary N) is 1. The summed E-state index contributed by atoms with van der Waals surface area (Å²) in [5.74, 6) is 1.66. The van der Waals surface area contributed by atoms with Gasteiger partial charge < -0.3 is 24.1 Å². The topological polar surface area (TPSA) is 96.2 Å². The Hall–Kier alpha value is -5.03. The molecule has 1 N–H and O–H groups in total. The molecule has 43 heavy (non-hydrogen) atoms. The summed E-state index contributed by atoms with van der Waals surface area (Å²) < 4.78 is 35.0. The van der Waals surface area contributed by atoms with E-state index in [-0.39, 0.29) is 5.75 Å². The van der Waals surface area contributed by atoms with Gasteiger partial charge in [0.1, 0.15) is 29.0 Å². The van der Waals surface area contributed by atoms with Crippen LogP contribution in [-0.2, 0) is 6.54 Å². The number of halogens is 2. The van der Waals surface area contributed by atoms with Crippen molar-refractivity contribution in [3.63, 3.8) is 0 Å². The molecule has 0 aliphatic carbocycles. The lowest BCUT2D eigenvalue weighted by Crippen LogP contribution is -2.06. The van der Waals surface area contributed by atoms with Gasteiger partial charge >= 0.3 is 0 Å². The van der Waals surface area contributed by atoms with E-state index in [4.69, 9.17) is 14.2 Å². The quantitative estimate of drug-likeness (QED) is 0.173. The predicted molar refractivity (Wildman–Crippen MR) is 166 cm³/mol. The van der Waals surface area contributed by atoms with E-state index < -0.39 is 5.82 Å². The van der Waals surface area contributed by atoms with E-state index in [2.05, 4.69) is 41.2 Å². The highest BCUT2D eigenvalue weighted by atomic mass is 79.9. The van der Waals surface area contributed by atoms with E-state index in [1.807, 2.05) is 54.0 Å². The van der Waals surface area contributed by atoms with Crippen LogP contribution in [0.25, 0.3) is 28.1 Å². The van der Waals surface area contributed by atoms with Gasteiger partial charge in [0.05, 0.1) is 25.4 Å². The van der Waals surface area contributed by atoms with E-state index in [1.165, 1.54) is 12.4 Å². The molecular weight excluding hydrogens is 615 g/mol. The molecule has 0 fully saturated rings. The Morgan fingerprint density at radius 3 is 2.49 bits per heavy atom. The number of aromatic nitrogens is 5. The molecule has 0 amide bonds. The van der Waals surface area contributed by atoms with Crippen molar-refractivity contribution in [1.29, 1.82) is 0 Å². The summed E-state index contributed by atoms with van der Waals surface area (Å²) in [6.07, 6.45) is 3.17. The molecule has 0 aliphatic heterocycles. The van der Waals surface area contributed by atoms with Crippen LogP contribution in [0.5, 0.6) is 23.1 Å². The molecule has 0 bridgehead atoms. The van der Waals surface area contributed by atoms with Gasteiger partial charge in [-0.3, -0.25) is 0 Å². The van der Waals surface area contributed by atoms with Gasteiger partial charge in [-0.25, -0.2) is 24.3 Å². The maximum atomic E-state index is 15.6. The van der Waals surface area contributed by atoms with Gasteiger partial charge in [-0.15, -0.1) is 0 Å². The van der Waals surface area contributed by atoms with Crippen LogP contribution in [-0.4, -0.2) is 38.7 Å². The van der Waals surface area contributed by atoms with E-state index in [0.29, 0.717) is 52.1 Å². The van der Waals surface area contributed by atoms with E-state index in [1.54, 1.807) is 44.7 Å². The molecule has 0 saturated heterocycles. The number of rotatable bonds is 9. The number of hydrogen-bond donors (Lipinski definition) is 1. The average molecular weight is 642 g/mol. The number of aryl methyl sites for hydroxylation is 1. The zero-order chi connectivity index (χ0) is 29.9. The Balaban J connectivity index is 1.47. The zero-order valence-electron chi connectivity index (χ0n) is 23.5. The zero-order valence-corrected chi connectivity index (χ0v) is 25.1. The number of hydrogen-bond acceptors (Lipinski definition) is 8. The molecule has 0 aliphatic rings. The van der Waals surface area contributed by atoms with Gasteiger partial charge in [0, 0.05) is 40.7 Å². The standard InChI is InChI=1S/C32H26BrFN6O3/c1-19-5-4-6-29(39-19)43-27-12-9-22(14-24(27)34)40-26(30-28(42-3)13-21(33)17-35-30)15-25-31(40)32(38-18-37-25)36-16-20-7-10-23(41-2)11-8-20/h4-15,17-18H,16H2,1-3H3,(H,36,37,38). The highest BCUT2D eigenvalue weighted by Crippen LogP contribution is 2.38. The van der Waals surface area contributed by atoms with Gasteiger partial charge in [-0.05, 0) is 70.9 Å². The monoisotopic (exact) mass is 640 g/mol. The third-order valence-corrected chi connectivity index (χ3v) is 7.17. The normalized spacial score (nSPS) is 11.0. The minimum atomic E-state index is -0.561. The lowest BCUT2D eigenvalue weighted by Gasteiger charge is -2.16. The SMILES string of the molecule is COc1ccc(CNc2ncnc3cc(-c4ncc(Br)cc4OC)n(-c4ccc(Oc5cccc(C)n5)c(F)c4)c23)cc1. The highest BCUT2D eigenvalue weighted by Gasteiger charge is 2.22. The molecule has 0 spiro atoms. The van der Waals surface area contributed by atoms with Gasteiger partial charge in [0.25, 0.3) is 0 Å². The lowest BCUT2D eigenvalue weighted by atomic mass is 10.2. The summed E-state index contributed by atoms with van der Waals surface area (Å²) in [7, 11) is 3.21. The summed E-state index contributed by atoms with van der Waals surface area (Å²) in [6, 6.07) is 21.5. The number of benzene rings is 2. The first-order chi connectivity index (χ1) is 20.9. The molecule has 0 unspecified atom stereocenters. The van der Waals surface area contributed by atoms with Gasteiger partial charge in [-0.2, -0.15) is 0 Å². The van der Waals surface area contributed by atoms with Crippen LogP contribution >= 0.6 is 15.9 Å². The molecule has 4 aromatic heterocycles. The van der Waals surface area contributed by atoms with Crippen LogP contribution < -0.4 is 19.5 Å². The van der Waals surface area contributed by atoms with Gasteiger partial charge in [0.2, 0.25) is 5.88 Å². The summed E-state index contributed by atoms with van der Waals surface area (Å²) in [5.41, 5.74) is 4.78. The number of methoxy groups -OCH3 is 2. The Morgan fingerprint density at radius 2 is 1.74 bits per heavy atom. The number of nitrogens with zero attached hydrogens (tertiary/aromatic N) is 5. The smallest absolute Gasteiger partial charge is 0.219 e. The summed E-state index contributed by atoms with van der Waals surface area (Å²) in [4.78, 5) is 18.1. The van der Waals surface area contributed by atoms with Crippen molar-refractivity contribution >= 4 is 32.8 Å². The van der Waals surface area contributed by atoms with Crippen LogP contribution in [0.1, 0.15) is 11.3 Å². The molecule has 6 rings (SSSR count). The number of ether oxygens (including phenoxy) is 3. The van der Waals surface area contributed by atoms with Crippen molar-refractivity contribution < 1.29 is 18.6 Å². The summed E-state index contributed by atoms with van der Waals surface area (Å²) in [6.45, 7) is 2.33. The first kappa shape index (κ1) is 28.1. The fraction of sp³-hybridized carbons (Fsp3) is 0.125. The van der Waals surface area contributed by atoms with Crippen molar-refractivity contribution in [2.45, 2.75) is 13.5 Å². The van der Waals surface area contributed by atoms with E-state index in [0.717, 1.165) is 21.5 Å². The molecule has 0 saturated carbocycles. The molecule has 11 heteroatoms. The molecule has 0 radical (unpaired) electrons. The van der Waals surface area contributed by atoms with Crippen LogP contribution in [0.2, 0.25) is 0 Å². The number of anilines is 1. The minimum Gasteiger partial charge on any atom is -0.497 e. The first-order valence-corrected chi connectivity index (χ1v) is 14.1. The van der Waals surface area contributed by atoms with Crippen LogP contribution in [0.3, 0.4) is 0 Å². The third-order valence-electron chi connectivity index (χ3n) is 6.74. The fourth-order valence-corrected chi connectivity index (χ4v) is 5.01. The lowest BCUT2D eigenvalue weighted by molar-refractivity contribution is 0.414. The molecule has 4 heterocycles. The first-order valence-electron chi connectivity index (χ1n) is 13.3. The molecule has 9 nitrogen and oxygen atoms in total. The van der Waals surface area contributed by atoms with Crippen LogP contribution in [0, 0.1) is 12.7 Å². The Kier molecular flexibility index (Phi) is 7.89. The summed E-state index contributed by atoms with van der Waals surface area (Å²) >= 11 is 3.46. The van der Waals surface area contributed by atoms with Crippen LogP contribution in [0.15, 0.2) is 89.8 Å². The second-order valence-electron chi connectivity index (χ2n) is 9.56. The maximum absolute atomic E-state index is 15.6.